The Balaban J connectivity index is 1.50. The number of amides is 1. The first-order chi connectivity index (χ1) is 14.6. The van der Waals surface area contributed by atoms with Crippen molar-refractivity contribution in [3.8, 4) is 17.1 Å². The largest absolute Gasteiger partial charge is 0.345 e. The number of carbonyl (C=O) groups is 1. The van der Waals surface area contributed by atoms with Crippen molar-refractivity contribution >= 4 is 28.8 Å². The fraction of sp³-hybridized carbons (Fsp3) is 0.182. The summed E-state index contributed by atoms with van der Waals surface area (Å²) >= 11 is 7.55. The lowest BCUT2D eigenvalue weighted by atomic mass is 10.1. The maximum absolute atomic E-state index is 12.8. The van der Waals surface area contributed by atoms with Crippen molar-refractivity contribution in [2.24, 2.45) is 0 Å². The zero-order chi connectivity index (χ0) is 21.1. The summed E-state index contributed by atoms with van der Waals surface area (Å²) in [5.41, 5.74) is 3.30. The standard InChI is InChI=1S/C22H20ClN5OS/c1-3-18-17(12-26-28(18)19-6-4-5-11-24-19)22(29)25-13-20-27-21(14(2)30-20)15-7-9-16(23)10-8-15/h4-12H,3,13H2,1-2H3,(H,25,29). The molecule has 152 valence electrons. The number of halogens is 1. The Morgan fingerprint density at radius 2 is 2.00 bits per heavy atom. The molecule has 0 aliphatic heterocycles. The Kier molecular flexibility index (Phi) is 5.92. The number of aryl methyl sites for hydroxylation is 1. The van der Waals surface area contributed by atoms with Gasteiger partial charge in [0.2, 0.25) is 0 Å². The second-order valence-electron chi connectivity index (χ2n) is 6.66. The summed E-state index contributed by atoms with van der Waals surface area (Å²) in [7, 11) is 0. The first-order valence-corrected chi connectivity index (χ1v) is 10.7. The summed E-state index contributed by atoms with van der Waals surface area (Å²) in [6.07, 6.45) is 3.96. The highest BCUT2D eigenvalue weighted by atomic mass is 35.5. The molecule has 4 rings (SSSR count). The smallest absolute Gasteiger partial charge is 0.255 e. The minimum atomic E-state index is -0.171. The molecule has 0 radical (unpaired) electrons. The van der Waals surface area contributed by atoms with E-state index in [4.69, 9.17) is 16.6 Å². The van der Waals surface area contributed by atoms with Gasteiger partial charge in [-0.05, 0) is 37.6 Å². The Labute approximate surface area is 183 Å². The topological polar surface area (TPSA) is 72.7 Å². The molecule has 4 aromatic rings. The zero-order valence-corrected chi connectivity index (χ0v) is 18.2. The Bertz CT molecular complexity index is 1170. The van der Waals surface area contributed by atoms with Crippen LogP contribution in [-0.2, 0) is 13.0 Å². The summed E-state index contributed by atoms with van der Waals surface area (Å²) in [5.74, 6) is 0.520. The van der Waals surface area contributed by atoms with Crippen molar-refractivity contribution in [3.05, 3.63) is 81.0 Å². The molecule has 0 fully saturated rings. The maximum atomic E-state index is 12.8. The normalized spacial score (nSPS) is 10.9. The third kappa shape index (κ3) is 4.13. The maximum Gasteiger partial charge on any atom is 0.255 e. The van der Waals surface area contributed by atoms with E-state index in [0.29, 0.717) is 29.4 Å². The SMILES string of the molecule is CCc1c(C(=O)NCc2nc(-c3ccc(Cl)cc3)c(C)s2)cnn1-c1ccccn1. The highest BCUT2D eigenvalue weighted by Gasteiger charge is 2.18. The number of carbonyl (C=O) groups excluding carboxylic acids is 1. The molecule has 0 bridgehead atoms. The predicted octanol–water partition coefficient (Wildman–Crippen LogP) is 4.85. The molecular weight excluding hydrogens is 418 g/mol. The van der Waals surface area contributed by atoms with Crippen molar-refractivity contribution < 1.29 is 4.79 Å². The van der Waals surface area contributed by atoms with Gasteiger partial charge < -0.3 is 5.32 Å². The van der Waals surface area contributed by atoms with Gasteiger partial charge in [0.25, 0.3) is 5.91 Å². The molecule has 0 unspecified atom stereocenters. The lowest BCUT2D eigenvalue weighted by Crippen LogP contribution is -2.23. The first-order valence-electron chi connectivity index (χ1n) is 9.55. The van der Waals surface area contributed by atoms with Crippen molar-refractivity contribution in [1.29, 1.82) is 0 Å². The van der Waals surface area contributed by atoms with Crippen LogP contribution >= 0.6 is 22.9 Å². The molecule has 0 aliphatic carbocycles. The second kappa shape index (κ2) is 8.77. The van der Waals surface area contributed by atoms with Crippen LogP contribution < -0.4 is 5.32 Å². The van der Waals surface area contributed by atoms with E-state index in [2.05, 4.69) is 15.4 Å². The zero-order valence-electron chi connectivity index (χ0n) is 16.6. The average molecular weight is 438 g/mol. The predicted molar refractivity (Wildman–Crippen MR) is 119 cm³/mol. The molecule has 1 amide bonds. The van der Waals surface area contributed by atoms with Crippen molar-refractivity contribution in [2.45, 2.75) is 26.8 Å². The number of hydrogen-bond donors (Lipinski definition) is 1. The Morgan fingerprint density at radius 1 is 1.20 bits per heavy atom. The van der Waals surface area contributed by atoms with Gasteiger partial charge in [-0.15, -0.1) is 11.3 Å². The summed E-state index contributed by atoms with van der Waals surface area (Å²) in [6, 6.07) is 13.2. The first kappa shape index (κ1) is 20.3. The quantitative estimate of drug-likeness (QED) is 0.468. The van der Waals surface area contributed by atoms with Gasteiger partial charge >= 0.3 is 0 Å². The summed E-state index contributed by atoms with van der Waals surface area (Å²) in [5, 5.41) is 8.88. The van der Waals surface area contributed by atoms with Crippen molar-refractivity contribution in [1.82, 2.24) is 25.1 Å². The number of pyridine rings is 1. The molecular formula is C22H20ClN5OS. The van der Waals surface area contributed by atoms with Gasteiger partial charge in [0, 0.05) is 21.7 Å². The summed E-state index contributed by atoms with van der Waals surface area (Å²) in [4.78, 5) is 22.9. The second-order valence-corrected chi connectivity index (χ2v) is 8.38. The Hall–Kier alpha value is -3.03. The molecule has 0 saturated heterocycles. The molecule has 1 aromatic carbocycles. The van der Waals surface area contributed by atoms with Gasteiger partial charge in [-0.25, -0.2) is 14.6 Å². The van der Waals surface area contributed by atoms with E-state index in [1.165, 1.54) is 0 Å². The van der Waals surface area contributed by atoms with Crippen molar-refractivity contribution in [2.75, 3.05) is 0 Å². The van der Waals surface area contributed by atoms with E-state index in [9.17, 15) is 4.79 Å². The van der Waals surface area contributed by atoms with Gasteiger partial charge in [-0.2, -0.15) is 5.10 Å². The van der Waals surface area contributed by atoms with Crippen LogP contribution in [0.2, 0.25) is 5.02 Å². The number of nitrogens with one attached hydrogen (secondary N) is 1. The third-order valence-electron chi connectivity index (χ3n) is 4.67. The molecule has 30 heavy (non-hydrogen) atoms. The fourth-order valence-corrected chi connectivity index (χ4v) is 4.25. The van der Waals surface area contributed by atoms with Crippen LogP contribution in [0.15, 0.2) is 54.9 Å². The minimum absolute atomic E-state index is 0.171. The molecule has 3 heterocycles. The molecule has 3 aromatic heterocycles. The molecule has 6 nitrogen and oxygen atoms in total. The minimum Gasteiger partial charge on any atom is -0.345 e. The van der Waals surface area contributed by atoms with E-state index in [0.717, 1.165) is 26.8 Å². The van der Waals surface area contributed by atoms with Crippen LogP contribution in [0.4, 0.5) is 0 Å². The number of nitrogens with zero attached hydrogens (tertiary/aromatic N) is 4. The van der Waals surface area contributed by atoms with Crippen LogP contribution in [0.25, 0.3) is 17.1 Å². The van der Waals surface area contributed by atoms with Gasteiger partial charge in [0.05, 0.1) is 29.7 Å². The number of rotatable bonds is 6. The number of hydrogen-bond acceptors (Lipinski definition) is 5. The van der Waals surface area contributed by atoms with Crippen LogP contribution in [0.1, 0.15) is 32.9 Å². The van der Waals surface area contributed by atoms with Crippen LogP contribution in [0.5, 0.6) is 0 Å². The molecule has 0 saturated carbocycles. The number of aromatic nitrogens is 4. The van der Waals surface area contributed by atoms with E-state index in [1.54, 1.807) is 28.4 Å². The van der Waals surface area contributed by atoms with Crippen LogP contribution in [-0.4, -0.2) is 25.7 Å². The average Bonchev–Trinajstić information content (AvgIpc) is 3.36. The van der Waals surface area contributed by atoms with Gasteiger partial charge in [-0.1, -0.05) is 36.7 Å². The van der Waals surface area contributed by atoms with Gasteiger partial charge in [0.15, 0.2) is 5.82 Å². The van der Waals surface area contributed by atoms with Crippen molar-refractivity contribution in [3.63, 3.8) is 0 Å². The summed E-state index contributed by atoms with van der Waals surface area (Å²) < 4.78 is 1.71. The van der Waals surface area contributed by atoms with Crippen LogP contribution in [0.3, 0.4) is 0 Å². The van der Waals surface area contributed by atoms with Gasteiger partial charge in [0.1, 0.15) is 5.01 Å². The lowest BCUT2D eigenvalue weighted by molar-refractivity contribution is 0.0950. The molecule has 0 spiro atoms. The monoisotopic (exact) mass is 437 g/mol. The highest BCUT2D eigenvalue weighted by Crippen LogP contribution is 2.28. The third-order valence-corrected chi connectivity index (χ3v) is 5.90. The van der Waals surface area contributed by atoms with Crippen LogP contribution in [0, 0.1) is 6.92 Å². The van der Waals surface area contributed by atoms with E-state index in [1.807, 2.05) is 56.3 Å². The molecule has 1 N–H and O–H groups in total. The number of benzene rings is 1. The van der Waals surface area contributed by atoms with E-state index < -0.39 is 0 Å². The molecule has 8 heteroatoms. The van der Waals surface area contributed by atoms with E-state index >= 15 is 0 Å². The summed E-state index contributed by atoms with van der Waals surface area (Å²) in [6.45, 7) is 4.38. The fourth-order valence-electron chi connectivity index (χ4n) is 3.23. The van der Waals surface area contributed by atoms with E-state index in [-0.39, 0.29) is 5.91 Å². The number of thiazole rings is 1. The lowest BCUT2D eigenvalue weighted by Gasteiger charge is -2.07. The molecule has 0 aliphatic rings. The Morgan fingerprint density at radius 3 is 2.70 bits per heavy atom. The highest BCUT2D eigenvalue weighted by molar-refractivity contribution is 7.12. The molecule has 0 atom stereocenters. The van der Waals surface area contributed by atoms with Gasteiger partial charge in [-0.3, -0.25) is 4.79 Å².